The Kier molecular flexibility index (Phi) is 5.57. The van der Waals surface area contributed by atoms with Gasteiger partial charge in [-0.1, -0.05) is 65.7 Å². The van der Waals surface area contributed by atoms with Crippen LogP contribution in [0.3, 0.4) is 0 Å². The zero-order valence-electron chi connectivity index (χ0n) is 17.9. The van der Waals surface area contributed by atoms with Crippen molar-refractivity contribution in [2.45, 2.75) is 26.1 Å². The molecule has 1 saturated heterocycles. The van der Waals surface area contributed by atoms with Crippen molar-refractivity contribution >= 4 is 23.1 Å². The van der Waals surface area contributed by atoms with E-state index in [2.05, 4.69) is 0 Å². The zero-order chi connectivity index (χ0) is 23.9. The van der Waals surface area contributed by atoms with Crippen LogP contribution in [-0.2, 0) is 15.8 Å². The van der Waals surface area contributed by atoms with Crippen LogP contribution in [0.2, 0.25) is 0 Å². The molecular formula is C26H20F3NO3. The number of rotatable bonds is 3. The minimum atomic E-state index is -4.62. The number of aliphatic hydroxyl groups is 1. The second-order valence-electron chi connectivity index (χ2n) is 7.99. The smallest absolute Gasteiger partial charge is 0.416 e. The van der Waals surface area contributed by atoms with Crippen molar-refractivity contribution in [3.8, 4) is 0 Å². The molecule has 0 spiro atoms. The highest BCUT2D eigenvalue weighted by atomic mass is 19.4. The van der Waals surface area contributed by atoms with E-state index in [0.717, 1.165) is 28.2 Å². The Labute approximate surface area is 188 Å². The molecule has 3 aromatic carbocycles. The Balaban J connectivity index is 1.94. The molecular weight excluding hydrogens is 431 g/mol. The lowest BCUT2D eigenvalue weighted by atomic mass is 9.94. The lowest BCUT2D eigenvalue weighted by Crippen LogP contribution is -2.29. The van der Waals surface area contributed by atoms with Crippen molar-refractivity contribution < 1.29 is 27.9 Å². The maximum absolute atomic E-state index is 13.3. The molecule has 1 amide bonds. The van der Waals surface area contributed by atoms with Crippen molar-refractivity contribution in [2.75, 3.05) is 4.90 Å². The Hall–Kier alpha value is -3.87. The van der Waals surface area contributed by atoms with Gasteiger partial charge in [-0.25, -0.2) is 0 Å². The van der Waals surface area contributed by atoms with Gasteiger partial charge in [-0.3, -0.25) is 14.5 Å². The number of halogens is 3. The highest BCUT2D eigenvalue weighted by Gasteiger charge is 2.47. The molecule has 0 aromatic heterocycles. The molecule has 7 heteroatoms. The fraction of sp³-hybridized carbons (Fsp3) is 0.154. The highest BCUT2D eigenvalue weighted by molar-refractivity contribution is 6.51. The number of anilines is 1. The molecule has 1 heterocycles. The van der Waals surface area contributed by atoms with Crippen LogP contribution in [0, 0.1) is 13.8 Å². The molecule has 33 heavy (non-hydrogen) atoms. The molecule has 0 radical (unpaired) electrons. The summed E-state index contributed by atoms with van der Waals surface area (Å²) in [5.41, 5.74) is 1.48. The number of benzene rings is 3. The third-order valence-corrected chi connectivity index (χ3v) is 5.61. The molecule has 1 aliphatic rings. The van der Waals surface area contributed by atoms with Gasteiger partial charge in [0, 0.05) is 11.3 Å². The van der Waals surface area contributed by atoms with Gasteiger partial charge in [0.2, 0.25) is 0 Å². The quantitative estimate of drug-likeness (QED) is 0.304. The normalized spacial score (nSPS) is 18.1. The molecule has 0 bridgehead atoms. The summed E-state index contributed by atoms with van der Waals surface area (Å²) in [7, 11) is 0. The largest absolute Gasteiger partial charge is 0.507 e. The predicted molar refractivity (Wildman–Crippen MR) is 119 cm³/mol. The topological polar surface area (TPSA) is 57.6 Å². The highest BCUT2D eigenvalue weighted by Crippen LogP contribution is 2.43. The first-order valence-electron chi connectivity index (χ1n) is 10.2. The molecule has 1 aliphatic heterocycles. The number of Topliss-reactive ketones (excluding diaryl/α,β-unsaturated/α-hetero) is 1. The monoisotopic (exact) mass is 451 g/mol. The Morgan fingerprint density at radius 1 is 0.879 bits per heavy atom. The van der Waals surface area contributed by atoms with Gasteiger partial charge in [-0.15, -0.1) is 0 Å². The Bertz CT molecular complexity index is 1260. The standard InChI is InChI=1S/C26H20F3NO3/c1-15-6-10-17(11-7-15)22-21(23(31)18-12-8-16(2)9-13-18)24(32)25(33)30(22)20-5-3-4-19(14-20)26(27,28)29/h3-14,22,31H,1-2H3/b23-21+/t22-/m1/s1. The number of hydrogen-bond acceptors (Lipinski definition) is 3. The van der Waals surface area contributed by atoms with Gasteiger partial charge in [-0.05, 0) is 37.6 Å². The summed E-state index contributed by atoms with van der Waals surface area (Å²) in [6, 6.07) is 16.8. The number of carbonyl (C=O) groups is 2. The van der Waals surface area contributed by atoms with Crippen LogP contribution >= 0.6 is 0 Å². The molecule has 3 aromatic rings. The fourth-order valence-electron chi connectivity index (χ4n) is 3.86. The molecule has 4 rings (SSSR count). The van der Waals surface area contributed by atoms with Gasteiger partial charge < -0.3 is 5.11 Å². The third kappa shape index (κ3) is 4.14. The van der Waals surface area contributed by atoms with Crippen LogP contribution < -0.4 is 4.90 Å². The van der Waals surface area contributed by atoms with Crippen molar-refractivity contribution in [3.05, 3.63) is 106 Å². The van der Waals surface area contributed by atoms with E-state index >= 15 is 0 Å². The second kappa shape index (κ2) is 8.24. The van der Waals surface area contributed by atoms with Crippen molar-refractivity contribution in [1.82, 2.24) is 0 Å². The summed E-state index contributed by atoms with van der Waals surface area (Å²) in [6.07, 6.45) is -4.62. The number of aryl methyl sites for hydroxylation is 2. The SMILES string of the molecule is Cc1ccc(/C(O)=C2\C(=O)C(=O)N(c3cccc(C(F)(F)F)c3)[C@@H]2c2ccc(C)cc2)cc1. The van der Waals surface area contributed by atoms with Crippen LogP contribution in [-0.4, -0.2) is 16.8 Å². The van der Waals surface area contributed by atoms with Crippen LogP contribution in [0.4, 0.5) is 18.9 Å². The van der Waals surface area contributed by atoms with Crippen LogP contribution in [0.15, 0.2) is 78.4 Å². The molecule has 1 fully saturated rings. The summed E-state index contributed by atoms with van der Waals surface area (Å²) in [4.78, 5) is 27.2. The van der Waals surface area contributed by atoms with Crippen LogP contribution in [0.25, 0.3) is 5.76 Å². The van der Waals surface area contributed by atoms with E-state index in [1.165, 1.54) is 12.1 Å². The van der Waals surface area contributed by atoms with Crippen molar-refractivity contribution in [3.63, 3.8) is 0 Å². The van der Waals surface area contributed by atoms with E-state index in [9.17, 15) is 27.9 Å². The number of alkyl halides is 3. The first-order valence-corrected chi connectivity index (χ1v) is 10.2. The summed E-state index contributed by atoms with van der Waals surface area (Å²) in [5.74, 6) is -2.35. The Morgan fingerprint density at radius 2 is 1.45 bits per heavy atom. The van der Waals surface area contributed by atoms with Crippen molar-refractivity contribution in [1.29, 1.82) is 0 Å². The summed E-state index contributed by atoms with van der Waals surface area (Å²) >= 11 is 0. The fourth-order valence-corrected chi connectivity index (χ4v) is 3.86. The maximum atomic E-state index is 13.3. The van der Waals surface area contributed by atoms with Gasteiger partial charge in [0.05, 0.1) is 17.2 Å². The van der Waals surface area contributed by atoms with Crippen LogP contribution in [0.1, 0.15) is 33.9 Å². The minimum absolute atomic E-state index is 0.0829. The molecule has 168 valence electrons. The molecule has 0 aliphatic carbocycles. The first kappa shape index (κ1) is 22.3. The summed E-state index contributed by atoms with van der Waals surface area (Å²) < 4.78 is 40.0. The summed E-state index contributed by atoms with van der Waals surface area (Å²) in [5, 5.41) is 11.0. The lowest BCUT2D eigenvalue weighted by molar-refractivity contribution is -0.137. The minimum Gasteiger partial charge on any atom is -0.507 e. The van der Waals surface area contributed by atoms with E-state index in [0.29, 0.717) is 11.1 Å². The second-order valence-corrected chi connectivity index (χ2v) is 7.99. The zero-order valence-corrected chi connectivity index (χ0v) is 17.9. The van der Waals surface area contributed by atoms with E-state index in [4.69, 9.17) is 0 Å². The molecule has 1 N–H and O–H groups in total. The van der Waals surface area contributed by atoms with Crippen LogP contribution in [0.5, 0.6) is 0 Å². The number of amides is 1. The number of hydrogen-bond donors (Lipinski definition) is 1. The summed E-state index contributed by atoms with van der Waals surface area (Å²) in [6.45, 7) is 3.72. The van der Waals surface area contributed by atoms with Gasteiger partial charge in [0.1, 0.15) is 5.76 Å². The predicted octanol–water partition coefficient (Wildman–Crippen LogP) is 5.95. The average molecular weight is 451 g/mol. The molecule has 4 nitrogen and oxygen atoms in total. The van der Waals surface area contributed by atoms with E-state index < -0.39 is 29.5 Å². The lowest BCUT2D eigenvalue weighted by Gasteiger charge is -2.26. The molecule has 0 saturated carbocycles. The average Bonchev–Trinajstić information content (AvgIpc) is 3.04. The maximum Gasteiger partial charge on any atom is 0.416 e. The number of aliphatic hydroxyl groups excluding tert-OH is 1. The van der Waals surface area contributed by atoms with Gasteiger partial charge >= 0.3 is 6.18 Å². The van der Waals surface area contributed by atoms with Gasteiger partial charge in [-0.2, -0.15) is 13.2 Å². The number of nitrogens with zero attached hydrogens (tertiary/aromatic N) is 1. The first-order chi connectivity index (χ1) is 15.6. The third-order valence-electron chi connectivity index (χ3n) is 5.61. The Morgan fingerprint density at radius 3 is 2.03 bits per heavy atom. The van der Waals surface area contributed by atoms with E-state index in [1.807, 2.05) is 13.8 Å². The molecule has 0 unspecified atom stereocenters. The number of carbonyl (C=O) groups excluding carboxylic acids is 2. The van der Waals surface area contributed by atoms with E-state index in [1.54, 1.807) is 48.5 Å². The molecule has 1 atom stereocenters. The van der Waals surface area contributed by atoms with E-state index in [-0.39, 0.29) is 17.0 Å². The number of ketones is 1. The van der Waals surface area contributed by atoms with Gasteiger partial charge in [0.15, 0.2) is 0 Å². The van der Waals surface area contributed by atoms with Crippen molar-refractivity contribution in [2.24, 2.45) is 0 Å². The van der Waals surface area contributed by atoms with Gasteiger partial charge in [0.25, 0.3) is 11.7 Å².